The number of ether oxygens (including phenoxy) is 1. The van der Waals surface area contributed by atoms with Crippen molar-refractivity contribution in [2.75, 3.05) is 5.73 Å². The first kappa shape index (κ1) is 14.4. The number of nitrogen functional groups attached to an aromatic ring is 1. The summed E-state index contributed by atoms with van der Waals surface area (Å²) in [4.78, 5) is 22.4. The van der Waals surface area contributed by atoms with Crippen LogP contribution in [0.5, 0.6) is 5.75 Å². The molecule has 0 aliphatic carbocycles. The van der Waals surface area contributed by atoms with Crippen molar-refractivity contribution in [3.63, 3.8) is 0 Å². The standard InChI is InChI=1S/C15H14N2O4/c16-10-5-6-12(15(19)20)13(7-10)21-8-9-3-1-2-4-11(9)14(17)18/h1-7H,8,16H2,(H2,17,18)(H,19,20). The minimum absolute atomic E-state index is 0.000700. The number of anilines is 1. The number of carboxylic acids is 1. The summed E-state index contributed by atoms with van der Waals surface area (Å²) in [5.74, 6) is -1.55. The normalized spacial score (nSPS) is 10.1. The molecule has 108 valence electrons. The van der Waals surface area contributed by atoms with Crippen molar-refractivity contribution in [1.29, 1.82) is 0 Å². The molecule has 1 amide bonds. The summed E-state index contributed by atoms with van der Waals surface area (Å²) >= 11 is 0. The highest BCUT2D eigenvalue weighted by Crippen LogP contribution is 2.23. The number of carboxylic acid groups (broad SMARTS) is 1. The van der Waals surface area contributed by atoms with E-state index in [4.69, 9.17) is 21.3 Å². The SMILES string of the molecule is NC(=O)c1ccccc1COc1cc(N)ccc1C(=O)O. The molecular weight excluding hydrogens is 272 g/mol. The van der Waals surface area contributed by atoms with Crippen molar-refractivity contribution in [1.82, 2.24) is 0 Å². The molecule has 0 spiro atoms. The molecular formula is C15H14N2O4. The first-order chi connectivity index (χ1) is 9.99. The molecule has 0 radical (unpaired) electrons. The van der Waals surface area contributed by atoms with Crippen LogP contribution in [0.3, 0.4) is 0 Å². The number of rotatable bonds is 5. The van der Waals surface area contributed by atoms with Gasteiger partial charge in [0.2, 0.25) is 5.91 Å². The third-order valence-electron chi connectivity index (χ3n) is 2.90. The second-order valence-electron chi connectivity index (χ2n) is 4.37. The van der Waals surface area contributed by atoms with Crippen molar-refractivity contribution in [2.24, 2.45) is 5.73 Å². The first-order valence-electron chi connectivity index (χ1n) is 6.12. The lowest BCUT2D eigenvalue weighted by atomic mass is 10.1. The summed E-state index contributed by atoms with van der Waals surface area (Å²) in [7, 11) is 0. The Bertz CT molecular complexity index is 698. The number of carbonyl (C=O) groups excluding carboxylic acids is 1. The van der Waals surface area contributed by atoms with Crippen LogP contribution in [0.25, 0.3) is 0 Å². The van der Waals surface area contributed by atoms with Gasteiger partial charge in [-0.1, -0.05) is 18.2 Å². The number of carbonyl (C=O) groups is 2. The topological polar surface area (TPSA) is 116 Å². The Balaban J connectivity index is 2.27. The van der Waals surface area contributed by atoms with Gasteiger partial charge in [-0.25, -0.2) is 4.79 Å². The Morgan fingerprint density at radius 1 is 1.10 bits per heavy atom. The fourth-order valence-electron chi connectivity index (χ4n) is 1.88. The molecule has 0 saturated carbocycles. The van der Waals surface area contributed by atoms with Crippen molar-refractivity contribution < 1.29 is 19.4 Å². The van der Waals surface area contributed by atoms with Gasteiger partial charge in [-0.3, -0.25) is 4.79 Å². The number of nitrogens with two attached hydrogens (primary N) is 2. The van der Waals surface area contributed by atoms with Gasteiger partial charge >= 0.3 is 5.97 Å². The van der Waals surface area contributed by atoms with Crippen LogP contribution in [-0.2, 0) is 6.61 Å². The highest BCUT2D eigenvalue weighted by atomic mass is 16.5. The lowest BCUT2D eigenvalue weighted by molar-refractivity contribution is 0.0691. The fraction of sp³-hybridized carbons (Fsp3) is 0.0667. The monoisotopic (exact) mass is 286 g/mol. The van der Waals surface area contributed by atoms with Gasteiger partial charge in [0, 0.05) is 22.9 Å². The fourth-order valence-corrected chi connectivity index (χ4v) is 1.88. The van der Waals surface area contributed by atoms with Gasteiger partial charge in [0.1, 0.15) is 17.9 Å². The van der Waals surface area contributed by atoms with Crippen LogP contribution < -0.4 is 16.2 Å². The zero-order chi connectivity index (χ0) is 15.4. The van der Waals surface area contributed by atoms with Gasteiger partial charge in [-0.05, 0) is 18.2 Å². The summed E-state index contributed by atoms with van der Waals surface area (Å²) in [6.07, 6.45) is 0. The molecule has 0 atom stereocenters. The van der Waals surface area contributed by atoms with Gasteiger partial charge in [0.05, 0.1) is 0 Å². The van der Waals surface area contributed by atoms with E-state index < -0.39 is 11.9 Å². The van der Waals surface area contributed by atoms with Crippen LogP contribution >= 0.6 is 0 Å². The number of hydrogen-bond acceptors (Lipinski definition) is 4. The Labute approximate surface area is 120 Å². The van der Waals surface area contributed by atoms with E-state index in [0.717, 1.165) is 0 Å². The second kappa shape index (κ2) is 5.96. The number of hydrogen-bond donors (Lipinski definition) is 3. The molecule has 0 saturated heterocycles. The van der Waals surface area contributed by atoms with E-state index in [1.165, 1.54) is 18.2 Å². The van der Waals surface area contributed by atoms with Crippen molar-refractivity contribution in [2.45, 2.75) is 6.61 Å². The lowest BCUT2D eigenvalue weighted by Gasteiger charge is -2.11. The van der Waals surface area contributed by atoms with Crippen LogP contribution in [0.1, 0.15) is 26.3 Å². The first-order valence-corrected chi connectivity index (χ1v) is 6.12. The van der Waals surface area contributed by atoms with E-state index in [9.17, 15) is 9.59 Å². The van der Waals surface area contributed by atoms with Crippen molar-refractivity contribution >= 4 is 17.6 Å². The molecule has 2 aromatic carbocycles. The molecule has 21 heavy (non-hydrogen) atoms. The maximum absolute atomic E-state index is 11.3. The number of aromatic carboxylic acids is 1. The maximum atomic E-state index is 11.3. The highest BCUT2D eigenvalue weighted by molar-refractivity contribution is 5.94. The van der Waals surface area contributed by atoms with Gasteiger partial charge in [0.15, 0.2) is 0 Å². The van der Waals surface area contributed by atoms with E-state index in [2.05, 4.69) is 0 Å². The van der Waals surface area contributed by atoms with Crippen LogP contribution in [-0.4, -0.2) is 17.0 Å². The van der Waals surface area contributed by atoms with Gasteiger partial charge in [-0.2, -0.15) is 0 Å². The number of benzene rings is 2. The largest absolute Gasteiger partial charge is 0.488 e. The molecule has 0 unspecified atom stereocenters. The zero-order valence-corrected chi connectivity index (χ0v) is 11.1. The third kappa shape index (κ3) is 3.30. The highest BCUT2D eigenvalue weighted by Gasteiger charge is 2.13. The summed E-state index contributed by atoms with van der Waals surface area (Å²) in [5.41, 5.74) is 12.2. The molecule has 0 heterocycles. The molecule has 0 aliphatic heterocycles. The molecule has 6 nitrogen and oxygen atoms in total. The van der Waals surface area contributed by atoms with E-state index >= 15 is 0 Å². The Kier molecular flexibility index (Phi) is 4.08. The predicted molar refractivity (Wildman–Crippen MR) is 77.1 cm³/mol. The van der Waals surface area contributed by atoms with Gasteiger partial charge in [0.25, 0.3) is 0 Å². The molecule has 0 fully saturated rings. The maximum Gasteiger partial charge on any atom is 0.339 e. The van der Waals surface area contributed by atoms with Crippen LogP contribution in [0.15, 0.2) is 42.5 Å². The average molecular weight is 286 g/mol. The Morgan fingerprint density at radius 2 is 1.81 bits per heavy atom. The van der Waals surface area contributed by atoms with Crippen molar-refractivity contribution in [3.8, 4) is 5.75 Å². The van der Waals surface area contributed by atoms with Crippen LogP contribution in [0.2, 0.25) is 0 Å². The minimum Gasteiger partial charge on any atom is -0.488 e. The lowest BCUT2D eigenvalue weighted by Crippen LogP contribution is -2.15. The van der Waals surface area contributed by atoms with Gasteiger partial charge < -0.3 is 21.3 Å². The van der Waals surface area contributed by atoms with Crippen LogP contribution in [0.4, 0.5) is 5.69 Å². The number of amides is 1. The van der Waals surface area contributed by atoms with E-state index in [1.54, 1.807) is 24.3 Å². The molecule has 6 heteroatoms. The molecule has 2 aromatic rings. The van der Waals surface area contributed by atoms with E-state index in [1.807, 2.05) is 0 Å². The van der Waals surface area contributed by atoms with Gasteiger partial charge in [-0.15, -0.1) is 0 Å². The zero-order valence-electron chi connectivity index (χ0n) is 11.1. The summed E-state index contributed by atoms with van der Waals surface area (Å²) in [6, 6.07) is 11.0. The second-order valence-corrected chi connectivity index (χ2v) is 4.37. The quantitative estimate of drug-likeness (QED) is 0.723. The average Bonchev–Trinajstić information content (AvgIpc) is 2.45. The van der Waals surface area contributed by atoms with Crippen LogP contribution in [0, 0.1) is 0 Å². The summed E-state index contributed by atoms with van der Waals surface area (Å²) in [5, 5.41) is 9.10. The minimum atomic E-state index is -1.12. The molecule has 0 aliphatic rings. The Morgan fingerprint density at radius 3 is 2.48 bits per heavy atom. The number of primary amides is 1. The Hall–Kier alpha value is -3.02. The van der Waals surface area contributed by atoms with E-state index in [0.29, 0.717) is 16.8 Å². The van der Waals surface area contributed by atoms with Crippen molar-refractivity contribution in [3.05, 3.63) is 59.2 Å². The van der Waals surface area contributed by atoms with E-state index in [-0.39, 0.29) is 17.9 Å². The molecule has 0 bridgehead atoms. The summed E-state index contributed by atoms with van der Waals surface area (Å²) in [6.45, 7) is 0.0167. The molecule has 5 N–H and O–H groups in total. The summed E-state index contributed by atoms with van der Waals surface area (Å²) < 4.78 is 5.49. The third-order valence-corrected chi connectivity index (χ3v) is 2.90. The molecule has 2 rings (SSSR count). The smallest absolute Gasteiger partial charge is 0.339 e. The molecule has 0 aromatic heterocycles. The predicted octanol–water partition coefficient (Wildman–Crippen LogP) is 1.64.